The van der Waals surface area contributed by atoms with Crippen molar-refractivity contribution in [1.82, 2.24) is 0 Å². The number of halogens is 1. The summed E-state index contributed by atoms with van der Waals surface area (Å²) in [6, 6.07) is 12.5. The molecule has 0 aliphatic heterocycles. The van der Waals surface area contributed by atoms with Gasteiger partial charge in [-0.1, -0.05) is 0 Å². The molecule has 0 unspecified atom stereocenters. The van der Waals surface area contributed by atoms with Crippen LogP contribution in [-0.2, 0) is 19.5 Å². The molecular weight excluding hydrogens is 290 g/mol. The van der Waals surface area contributed by atoms with Crippen LogP contribution in [0.2, 0.25) is 0 Å². The van der Waals surface area contributed by atoms with Crippen LogP contribution in [0.4, 0.5) is 0 Å². The van der Waals surface area contributed by atoms with Crippen molar-refractivity contribution >= 4 is 24.0 Å². The fraction of sp³-hybridized carbons (Fsp3) is 0. The fourth-order valence-corrected chi connectivity index (χ4v) is 0.342. The number of hydrogen-bond acceptors (Lipinski definition) is 1. The average molecular weight is 300 g/mol. The van der Waals surface area contributed by atoms with Gasteiger partial charge in [-0.3, -0.25) is 7.05 Å². The molecule has 2 N–H and O–H groups in total. The largest absolute Gasteiger partial charge is 2.00 e. The van der Waals surface area contributed by atoms with E-state index in [2.05, 4.69) is 18.8 Å². The van der Waals surface area contributed by atoms with Crippen molar-refractivity contribution in [3.05, 3.63) is 43.4 Å². The van der Waals surface area contributed by atoms with Crippen LogP contribution in [0, 0.1) is 13.1 Å². The molecule has 0 bridgehead atoms. The maximum absolute atomic E-state index is 4.25. The van der Waals surface area contributed by atoms with E-state index in [0.29, 0.717) is 0 Å². The van der Waals surface area contributed by atoms with Crippen LogP contribution in [-0.4, -0.2) is 0 Å². The first-order valence-corrected chi connectivity index (χ1v) is 2.32. The van der Waals surface area contributed by atoms with Gasteiger partial charge in [0.05, 0.1) is 0 Å². The first-order valence-electron chi connectivity index (χ1n) is 2.32. The van der Waals surface area contributed by atoms with Crippen LogP contribution in [0.25, 0.3) is 0 Å². The third-order valence-corrected chi connectivity index (χ3v) is 0.607. The molecule has 1 nitrogen and oxygen atoms in total. The van der Waals surface area contributed by atoms with Crippen molar-refractivity contribution in [2.75, 3.05) is 0 Å². The Labute approximate surface area is 92.2 Å². The maximum atomic E-state index is 4.25. The first-order chi connectivity index (χ1) is 4.00. The van der Waals surface area contributed by atoms with E-state index in [1.807, 2.05) is 30.3 Å². The Balaban J connectivity index is -0.000000114. The Morgan fingerprint density at radius 2 is 1.40 bits per heavy atom. The predicted octanol–water partition coefficient (Wildman–Crippen LogP) is 1.84. The van der Waals surface area contributed by atoms with E-state index in [4.69, 9.17) is 0 Å². The van der Waals surface area contributed by atoms with E-state index in [-0.39, 0.29) is 43.5 Å². The van der Waals surface area contributed by atoms with Gasteiger partial charge in [-0.2, -0.15) is 36.4 Å². The fourth-order valence-electron chi connectivity index (χ4n) is 0.342. The molecule has 0 aromatic heterocycles. The van der Waals surface area contributed by atoms with Crippen LogP contribution in [0.5, 0.6) is 0 Å². The molecule has 1 aromatic rings. The third-order valence-electron chi connectivity index (χ3n) is 0.607. The summed E-state index contributed by atoms with van der Waals surface area (Å²) in [5.74, 6) is 0. The topological polar surface area (TPSA) is 26.0 Å². The SMILES string of the molecule is I.[CH2-]N.[Zn+2].[c-]1ccccc1. The van der Waals surface area contributed by atoms with Gasteiger partial charge in [0.1, 0.15) is 0 Å². The Kier molecular flexibility index (Phi) is 27.4. The second kappa shape index (κ2) is 16.3. The second-order valence-corrected chi connectivity index (χ2v) is 1.08. The summed E-state index contributed by atoms with van der Waals surface area (Å²) in [4.78, 5) is 0. The molecule has 0 heterocycles. The van der Waals surface area contributed by atoms with Crippen molar-refractivity contribution < 1.29 is 19.5 Å². The van der Waals surface area contributed by atoms with Gasteiger partial charge in [0.2, 0.25) is 0 Å². The van der Waals surface area contributed by atoms with Crippen LogP contribution in [0.3, 0.4) is 0 Å². The Bertz CT molecular complexity index is 85.5. The first kappa shape index (κ1) is 16.9. The van der Waals surface area contributed by atoms with E-state index >= 15 is 0 Å². The van der Waals surface area contributed by atoms with Crippen molar-refractivity contribution in [2.24, 2.45) is 5.73 Å². The monoisotopic (exact) mass is 299 g/mol. The van der Waals surface area contributed by atoms with E-state index in [1.54, 1.807) is 0 Å². The molecule has 0 fully saturated rings. The summed E-state index contributed by atoms with van der Waals surface area (Å²) < 4.78 is 0. The summed E-state index contributed by atoms with van der Waals surface area (Å²) in [5.41, 5.74) is 4.25. The molecule has 0 aliphatic carbocycles. The van der Waals surface area contributed by atoms with Crippen LogP contribution in [0.1, 0.15) is 0 Å². The molecule has 3 heteroatoms. The van der Waals surface area contributed by atoms with Gasteiger partial charge < -0.3 is 5.73 Å². The van der Waals surface area contributed by atoms with Gasteiger partial charge in [0, 0.05) is 0 Å². The van der Waals surface area contributed by atoms with Gasteiger partial charge in [0.15, 0.2) is 0 Å². The number of benzene rings is 1. The van der Waals surface area contributed by atoms with Gasteiger partial charge >= 0.3 is 19.5 Å². The molecule has 0 atom stereocenters. The Morgan fingerprint density at radius 1 is 1.00 bits per heavy atom. The molecule has 0 radical (unpaired) electrons. The van der Waals surface area contributed by atoms with Crippen molar-refractivity contribution in [2.45, 2.75) is 0 Å². The molecule has 10 heavy (non-hydrogen) atoms. The zero-order chi connectivity index (χ0) is 6.24. The van der Waals surface area contributed by atoms with E-state index in [0.717, 1.165) is 0 Å². The quantitative estimate of drug-likeness (QED) is 0.442. The normalized spacial score (nSPS) is 5.40. The Hall–Kier alpha value is 0.533. The average Bonchev–Trinajstić information content (AvgIpc) is 1.96. The van der Waals surface area contributed by atoms with Crippen LogP contribution in [0.15, 0.2) is 30.3 Å². The molecular formula is C7H10INZn. The number of rotatable bonds is 0. The zero-order valence-electron chi connectivity index (χ0n) is 5.79. The second-order valence-electron chi connectivity index (χ2n) is 1.08. The van der Waals surface area contributed by atoms with E-state index in [1.165, 1.54) is 0 Å². The third kappa shape index (κ3) is 11.3. The van der Waals surface area contributed by atoms with Gasteiger partial charge in [-0.15, -0.1) is 24.0 Å². The van der Waals surface area contributed by atoms with E-state index < -0.39 is 0 Å². The summed E-state index contributed by atoms with van der Waals surface area (Å²) in [5, 5.41) is 0. The summed E-state index contributed by atoms with van der Waals surface area (Å²) in [7, 11) is 2.75. The number of hydrogen-bond donors (Lipinski definition) is 1. The van der Waals surface area contributed by atoms with E-state index in [9.17, 15) is 0 Å². The van der Waals surface area contributed by atoms with Crippen LogP contribution < -0.4 is 5.73 Å². The van der Waals surface area contributed by atoms with Crippen molar-refractivity contribution in [3.63, 3.8) is 0 Å². The molecule has 0 aliphatic rings. The minimum absolute atomic E-state index is 0. The smallest absolute Gasteiger partial charge is 0.486 e. The predicted molar refractivity (Wildman–Crippen MR) is 50.2 cm³/mol. The minimum atomic E-state index is 0. The molecule has 52 valence electrons. The molecule has 0 saturated heterocycles. The minimum Gasteiger partial charge on any atom is -0.486 e. The summed E-state index contributed by atoms with van der Waals surface area (Å²) >= 11 is 0. The maximum Gasteiger partial charge on any atom is 2.00 e. The van der Waals surface area contributed by atoms with Gasteiger partial charge in [-0.05, 0) is 0 Å². The molecule has 0 saturated carbocycles. The summed E-state index contributed by atoms with van der Waals surface area (Å²) in [6.07, 6.45) is 0. The summed E-state index contributed by atoms with van der Waals surface area (Å²) in [6.45, 7) is 0. The molecule has 1 rings (SSSR count). The molecule has 0 spiro atoms. The van der Waals surface area contributed by atoms with Crippen molar-refractivity contribution in [1.29, 1.82) is 0 Å². The zero-order valence-corrected chi connectivity index (χ0v) is 11.1. The van der Waals surface area contributed by atoms with Gasteiger partial charge in [-0.25, -0.2) is 0 Å². The molecule has 1 aromatic carbocycles. The molecule has 0 amide bonds. The standard InChI is InChI=1S/C6H5.CH4N.HI.Zn/c1-2-4-6-5-3-1;1-2;;/h1-5H;1-2H2;1H;/q2*-1;;+2. The van der Waals surface area contributed by atoms with Gasteiger partial charge in [0.25, 0.3) is 0 Å². The van der Waals surface area contributed by atoms with Crippen molar-refractivity contribution in [3.8, 4) is 0 Å². The Morgan fingerprint density at radius 3 is 1.50 bits per heavy atom. The number of nitrogens with two attached hydrogens (primary N) is 1. The van der Waals surface area contributed by atoms with Crippen LogP contribution >= 0.6 is 24.0 Å².